The molecule has 0 radical (unpaired) electrons. The van der Waals surface area contributed by atoms with Gasteiger partial charge >= 0.3 is 0 Å². The van der Waals surface area contributed by atoms with Gasteiger partial charge in [0.1, 0.15) is 16.9 Å². The molecule has 2 aliphatic rings. The smallest absolute Gasteiger partial charge is 0.179 e. The van der Waals surface area contributed by atoms with E-state index < -0.39 is 5.41 Å². The first-order chi connectivity index (χ1) is 26.8. The molecule has 0 fully saturated rings. The van der Waals surface area contributed by atoms with E-state index >= 15 is 0 Å². The lowest BCUT2D eigenvalue weighted by atomic mass is 9.69. The Morgan fingerprint density at radius 2 is 0.944 bits per heavy atom. The highest BCUT2D eigenvalue weighted by Gasteiger charge is 2.53. The van der Waals surface area contributed by atoms with Crippen LogP contribution in [0.2, 0.25) is 0 Å². The molecule has 250 valence electrons. The Bertz CT molecular complexity index is 3130. The van der Waals surface area contributed by atoms with Crippen molar-refractivity contribution in [2.75, 3.05) is 0 Å². The van der Waals surface area contributed by atoms with Crippen LogP contribution in [0.1, 0.15) is 22.3 Å². The summed E-state index contributed by atoms with van der Waals surface area (Å²) in [4.78, 5) is 16.4. The second kappa shape index (κ2) is 10.9. The number of pyridine rings is 1. The highest BCUT2D eigenvalue weighted by molar-refractivity contribution is 6.12. The lowest BCUT2D eigenvalue weighted by Crippen LogP contribution is -2.26. The highest BCUT2D eigenvalue weighted by atomic mass is 16.3. The molecule has 4 nitrogen and oxygen atoms in total. The number of furan rings is 1. The fourth-order valence-electron chi connectivity index (χ4n) is 9.39. The van der Waals surface area contributed by atoms with Gasteiger partial charge in [0.05, 0.1) is 22.5 Å². The molecule has 0 unspecified atom stereocenters. The maximum absolute atomic E-state index is 6.33. The van der Waals surface area contributed by atoms with Gasteiger partial charge in [0.15, 0.2) is 5.82 Å². The van der Waals surface area contributed by atoms with Crippen LogP contribution in [0.15, 0.2) is 180 Å². The molecule has 0 bridgehead atoms. The number of aromatic nitrogens is 3. The average Bonchev–Trinajstić information content (AvgIpc) is 3.88. The first-order valence-corrected chi connectivity index (χ1v) is 18.4. The van der Waals surface area contributed by atoms with Gasteiger partial charge < -0.3 is 4.42 Å². The Kier molecular flexibility index (Phi) is 5.95. The van der Waals surface area contributed by atoms with E-state index in [0.717, 1.165) is 72.2 Å². The Labute approximate surface area is 311 Å². The topological polar surface area (TPSA) is 51.8 Å². The maximum Gasteiger partial charge on any atom is 0.179 e. The maximum atomic E-state index is 6.33. The minimum absolute atomic E-state index is 0.514. The molecule has 10 aromatic rings. The zero-order chi connectivity index (χ0) is 35.4. The van der Waals surface area contributed by atoms with Crippen LogP contribution in [-0.2, 0) is 5.41 Å². The zero-order valence-electron chi connectivity index (χ0n) is 29.0. The van der Waals surface area contributed by atoms with Crippen molar-refractivity contribution in [1.82, 2.24) is 15.0 Å². The monoisotopic (exact) mass is 687 g/mol. The second-order valence-electron chi connectivity index (χ2n) is 14.2. The molecular weight excluding hydrogens is 659 g/mol. The summed E-state index contributed by atoms with van der Waals surface area (Å²) >= 11 is 0. The molecule has 4 heteroatoms. The molecule has 7 aromatic carbocycles. The van der Waals surface area contributed by atoms with E-state index in [0.29, 0.717) is 5.82 Å². The fourth-order valence-corrected chi connectivity index (χ4v) is 9.39. The molecular formula is C50H29N3O. The Morgan fingerprint density at radius 3 is 1.70 bits per heavy atom. The number of nitrogens with zero attached hydrogens (tertiary/aromatic N) is 3. The third-order valence-corrected chi connectivity index (χ3v) is 11.5. The largest absolute Gasteiger partial charge is 0.456 e. The van der Waals surface area contributed by atoms with Crippen molar-refractivity contribution >= 4 is 32.7 Å². The molecule has 0 aliphatic heterocycles. The van der Waals surface area contributed by atoms with Gasteiger partial charge in [-0.3, -0.25) is 0 Å². The van der Waals surface area contributed by atoms with Crippen LogP contribution in [0.3, 0.4) is 0 Å². The number of hydrogen-bond donors (Lipinski definition) is 0. The predicted molar refractivity (Wildman–Crippen MR) is 217 cm³/mol. The normalized spacial score (nSPS) is 13.3. The summed E-state index contributed by atoms with van der Waals surface area (Å²) < 4.78 is 6.33. The van der Waals surface area contributed by atoms with E-state index in [1.165, 1.54) is 33.4 Å². The van der Waals surface area contributed by atoms with Gasteiger partial charge in [0.25, 0.3) is 0 Å². The molecule has 0 N–H and O–H groups in total. The van der Waals surface area contributed by atoms with Crippen molar-refractivity contribution in [2.45, 2.75) is 5.41 Å². The molecule has 54 heavy (non-hydrogen) atoms. The van der Waals surface area contributed by atoms with Crippen molar-refractivity contribution in [1.29, 1.82) is 0 Å². The summed E-state index contributed by atoms with van der Waals surface area (Å²) in [6.45, 7) is 0. The van der Waals surface area contributed by atoms with Gasteiger partial charge in [0.2, 0.25) is 0 Å². The molecule has 2 aliphatic carbocycles. The van der Waals surface area contributed by atoms with Crippen LogP contribution in [0, 0.1) is 0 Å². The van der Waals surface area contributed by atoms with Gasteiger partial charge in [-0.05, 0) is 51.4 Å². The lowest BCUT2D eigenvalue weighted by Gasteiger charge is -2.31. The minimum Gasteiger partial charge on any atom is -0.456 e. The number of hydrogen-bond acceptors (Lipinski definition) is 4. The summed E-state index contributed by atoms with van der Waals surface area (Å²) in [7, 11) is 0. The highest BCUT2D eigenvalue weighted by Crippen LogP contribution is 2.64. The van der Waals surface area contributed by atoms with Crippen LogP contribution < -0.4 is 0 Å². The van der Waals surface area contributed by atoms with Crippen molar-refractivity contribution in [3.8, 4) is 56.4 Å². The molecule has 0 atom stereocenters. The van der Waals surface area contributed by atoms with E-state index in [2.05, 4.69) is 146 Å². The van der Waals surface area contributed by atoms with Crippen LogP contribution >= 0.6 is 0 Å². The number of fused-ring (bicyclic) bond motifs is 15. The second-order valence-corrected chi connectivity index (χ2v) is 14.2. The quantitative estimate of drug-likeness (QED) is 0.185. The third kappa shape index (κ3) is 3.84. The molecule has 3 aromatic heterocycles. The molecule has 12 rings (SSSR count). The van der Waals surface area contributed by atoms with Crippen LogP contribution in [-0.4, -0.2) is 15.0 Å². The average molecular weight is 688 g/mol. The summed E-state index contributed by atoms with van der Waals surface area (Å²) in [6, 6.07) is 62.2. The van der Waals surface area contributed by atoms with E-state index in [4.69, 9.17) is 19.4 Å². The van der Waals surface area contributed by atoms with Crippen molar-refractivity contribution < 1.29 is 4.42 Å². The van der Waals surface area contributed by atoms with Gasteiger partial charge in [-0.2, -0.15) is 0 Å². The number of para-hydroxylation sites is 1. The molecule has 3 heterocycles. The Morgan fingerprint density at radius 1 is 0.389 bits per heavy atom. The van der Waals surface area contributed by atoms with E-state index in [-0.39, 0.29) is 0 Å². The van der Waals surface area contributed by atoms with Crippen LogP contribution in [0.4, 0.5) is 0 Å². The van der Waals surface area contributed by atoms with E-state index in [1.807, 2.05) is 30.3 Å². The van der Waals surface area contributed by atoms with Gasteiger partial charge in [-0.1, -0.05) is 158 Å². The summed E-state index contributed by atoms with van der Waals surface area (Å²) in [6.07, 6.45) is 0. The van der Waals surface area contributed by atoms with Crippen LogP contribution in [0.5, 0.6) is 0 Å². The van der Waals surface area contributed by atoms with Crippen molar-refractivity contribution in [3.05, 3.63) is 198 Å². The van der Waals surface area contributed by atoms with Gasteiger partial charge in [0, 0.05) is 38.4 Å². The standard InChI is InChI=1S/C50H29N3O/c1-2-15-30(16-3-1)41-29-42(36-23-14-28-44-45(36)37-22-9-13-27-43(37)54-44)52-49(51-41)48-34-20-5-4-19-33(34)46-47(53-48)35-21-8-12-26-40(35)50(46)38-24-10-6-17-31(38)32-18-7-11-25-39(32)50/h1-29H. The zero-order valence-corrected chi connectivity index (χ0v) is 29.0. The SMILES string of the molecule is c1ccc(-c2cc(-c3cccc4oc5ccccc5c34)nc(-c3nc4c(c5ccccc35)C3(c5ccccc5-c5ccccc53)c3ccccc3-4)n2)cc1. The summed E-state index contributed by atoms with van der Waals surface area (Å²) in [5.41, 5.74) is 15.3. The fraction of sp³-hybridized carbons (Fsp3) is 0.0200. The molecule has 0 amide bonds. The summed E-state index contributed by atoms with van der Waals surface area (Å²) in [5, 5.41) is 4.27. The first-order valence-electron chi connectivity index (χ1n) is 18.4. The predicted octanol–water partition coefficient (Wildman–Crippen LogP) is 12.3. The number of rotatable bonds is 3. The van der Waals surface area contributed by atoms with Gasteiger partial charge in [-0.25, -0.2) is 15.0 Å². The summed E-state index contributed by atoms with van der Waals surface area (Å²) in [5.74, 6) is 0.584. The third-order valence-electron chi connectivity index (χ3n) is 11.5. The minimum atomic E-state index is -0.514. The van der Waals surface area contributed by atoms with E-state index in [9.17, 15) is 0 Å². The molecule has 0 saturated carbocycles. The van der Waals surface area contributed by atoms with Crippen molar-refractivity contribution in [3.63, 3.8) is 0 Å². The Hall–Kier alpha value is -7.17. The molecule has 0 saturated heterocycles. The first kappa shape index (κ1) is 29.4. The van der Waals surface area contributed by atoms with E-state index in [1.54, 1.807) is 0 Å². The Balaban J connectivity index is 1.19. The molecule has 1 spiro atoms. The lowest BCUT2D eigenvalue weighted by molar-refractivity contribution is 0.669. The number of benzene rings is 7. The van der Waals surface area contributed by atoms with Crippen molar-refractivity contribution in [2.24, 2.45) is 0 Å². The van der Waals surface area contributed by atoms with Gasteiger partial charge in [-0.15, -0.1) is 0 Å². The van der Waals surface area contributed by atoms with Crippen LogP contribution in [0.25, 0.3) is 89.1 Å².